The second kappa shape index (κ2) is 11.3. The van der Waals surface area contributed by atoms with Crippen LogP contribution in [-0.2, 0) is 25.7 Å². The van der Waals surface area contributed by atoms with Crippen molar-refractivity contribution in [2.75, 3.05) is 32.8 Å². The minimum atomic E-state index is -1.15. The summed E-state index contributed by atoms with van der Waals surface area (Å²) in [5, 5.41) is 12.8. The Kier molecular flexibility index (Phi) is 8.67. The van der Waals surface area contributed by atoms with E-state index in [1.165, 1.54) is 0 Å². The highest BCUT2D eigenvalue weighted by molar-refractivity contribution is 5.91. The Balaban J connectivity index is 1.66. The minimum absolute atomic E-state index is 0.00223. The number of nitrogens with two attached hydrogens (primary N) is 1. The van der Waals surface area contributed by atoms with Crippen LogP contribution in [0.2, 0.25) is 0 Å². The summed E-state index contributed by atoms with van der Waals surface area (Å²) in [5.41, 5.74) is 4.81. The van der Waals surface area contributed by atoms with Crippen molar-refractivity contribution in [2.45, 2.75) is 69.7 Å². The molecular weight excluding hydrogens is 436 g/mol. The number of ether oxygens (including phenoxy) is 1. The van der Waals surface area contributed by atoms with Gasteiger partial charge in [-0.1, -0.05) is 36.8 Å². The number of carboxylic acids is 1. The summed E-state index contributed by atoms with van der Waals surface area (Å²) in [6, 6.07) is 8.68. The van der Waals surface area contributed by atoms with Gasteiger partial charge in [0, 0.05) is 13.1 Å². The van der Waals surface area contributed by atoms with Crippen molar-refractivity contribution in [1.29, 1.82) is 0 Å². The highest BCUT2D eigenvalue weighted by atomic mass is 16.5. The maximum absolute atomic E-state index is 13.4. The van der Waals surface area contributed by atoms with E-state index in [4.69, 9.17) is 10.5 Å². The Bertz CT molecular complexity index is 841. The molecule has 9 nitrogen and oxygen atoms in total. The van der Waals surface area contributed by atoms with E-state index in [1.807, 2.05) is 30.3 Å². The lowest BCUT2D eigenvalue weighted by molar-refractivity contribution is -0.159. The Hall–Kier alpha value is -2.49. The van der Waals surface area contributed by atoms with Crippen LogP contribution in [0.1, 0.15) is 51.5 Å². The first-order chi connectivity index (χ1) is 16.1. The topological polar surface area (TPSA) is 125 Å². The average Bonchev–Trinajstić information content (AvgIpc) is 2.83. The fourth-order valence-corrected chi connectivity index (χ4v) is 4.69. The molecule has 0 unspecified atom stereocenters. The van der Waals surface area contributed by atoms with Crippen molar-refractivity contribution < 1.29 is 24.2 Å². The van der Waals surface area contributed by atoms with Gasteiger partial charge in [-0.25, -0.2) is 0 Å². The van der Waals surface area contributed by atoms with E-state index >= 15 is 0 Å². The lowest BCUT2D eigenvalue weighted by atomic mass is 9.84. The molecule has 1 aromatic carbocycles. The van der Waals surface area contributed by atoms with Crippen LogP contribution in [-0.4, -0.2) is 82.6 Å². The van der Waals surface area contributed by atoms with Gasteiger partial charge in [0.05, 0.1) is 18.8 Å². The molecule has 0 saturated carbocycles. The van der Waals surface area contributed by atoms with E-state index < -0.39 is 29.0 Å². The molecule has 1 atom stereocenters. The average molecular weight is 475 g/mol. The molecule has 3 rings (SSSR count). The third-order valence-corrected chi connectivity index (χ3v) is 6.85. The fourth-order valence-electron chi connectivity index (χ4n) is 4.69. The number of piperidine rings is 2. The fraction of sp³-hybridized carbons (Fsp3) is 0.640. The molecule has 2 aliphatic rings. The van der Waals surface area contributed by atoms with Crippen LogP contribution in [0, 0.1) is 0 Å². The standard InChI is InChI=1S/C25H38N4O5/c1-24(2,26)22(31)27-20(18-34-17-19-9-5-3-6-10-19)21(30)28-15-11-25(12-16-28,23(32)33)29-13-7-4-8-14-29/h3,5-6,9-10,20H,4,7-8,11-18,26H2,1-2H3,(H,27,31)(H,32,33)/t20-/m1/s1. The lowest BCUT2D eigenvalue weighted by Crippen LogP contribution is -2.64. The van der Waals surface area contributed by atoms with E-state index in [2.05, 4.69) is 10.2 Å². The van der Waals surface area contributed by atoms with E-state index in [0.29, 0.717) is 32.5 Å². The molecule has 2 aliphatic heterocycles. The summed E-state index contributed by atoms with van der Waals surface area (Å²) in [6.45, 7) is 5.66. The number of hydrogen-bond donors (Lipinski definition) is 3. The summed E-state index contributed by atoms with van der Waals surface area (Å²) in [6.07, 6.45) is 3.85. The summed E-state index contributed by atoms with van der Waals surface area (Å²) in [4.78, 5) is 41.9. The molecule has 0 aromatic heterocycles. The molecule has 4 N–H and O–H groups in total. The van der Waals surface area contributed by atoms with Crippen LogP contribution in [0.4, 0.5) is 0 Å². The number of carboxylic acid groups (broad SMARTS) is 1. The number of rotatable bonds is 9. The number of carbonyl (C=O) groups excluding carboxylic acids is 2. The van der Waals surface area contributed by atoms with Gasteiger partial charge in [0.15, 0.2) is 0 Å². The number of aliphatic carboxylic acids is 1. The van der Waals surface area contributed by atoms with Crippen LogP contribution in [0.5, 0.6) is 0 Å². The van der Waals surface area contributed by atoms with Gasteiger partial charge in [0.25, 0.3) is 0 Å². The highest BCUT2D eigenvalue weighted by Crippen LogP contribution is 2.32. The number of nitrogens with zero attached hydrogens (tertiary/aromatic N) is 2. The normalized spacial score (nSPS) is 19.9. The van der Waals surface area contributed by atoms with Crippen LogP contribution in [0.15, 0.2) is 30.3 Å². The van der Waals surface area contributed by atoms with Crippen molar-refractivity contribution in [3.63, 3.8) is 0 Å². The van der Waals surface area contributed by atoms with Gasteiger partial charge >= 0.3 is 5.97 Å². The maximum Gasteiger partial charge on any atom is 0.324 e. The van der Waals surface area contributed by atoms with Gasteiger partial charge in [-0.2, -0.15) is 0 Å². The van der Waals surface area contributed by atoms with Crippen LogP contribution >= 0.6 is 0 Å². The number of benzene rings is 1. The molecule has 2 amide bonds. The van der Waals surface area contributed by atoms with Crippen molar-refractivity contribution in [1.82, 2.24) is 15.1 Å². The van der Waals surface area contributed by atoms with Crippen molar-refractivity contribution in [3.8, 4) is 0 Å². The monoisotopic (exact) mass is 474 g/mol. The number of amides is 2. The third kappa shape index (κ3) is 6.34. The highest BCUT2D eigenvalue weighted by Gasteiger charge is 2.47. The summed E-state index contributed by atoms with van der Waals surface area (Å²) < 4.78 is 5.78. The summed E-state index contributed by atoms with van der Waals surface area (Å²) >= 11 is 0. The summed E-state index contributed by atoms with van der Waals surface area (Å²) in [7, 11) is 0. The zero-order valence-electron chi connectivity index (χ0n) is 20.3. The van der Waals surface area contributed by atoms with Crippen molar-refractivity contribution in [3.05, 3.63) is 35.9 Å². The Morgan fingerprint density at radius 3 is 2.26 bits per heavy atom. The minimum Gasteiger partial charge on any atom is -0.480 e. The van der Waals surface area contributed by atoms with Crippen molar-refractivity contribution in [2.24, 2.45) is 5.73 Å². The number of hydrogen-bond acceptors (Lipinski definition) is 6. The smallest absolute Gasteiger partial charge is 0.324 e. The lowest BCUT2D eigenvalue weighted by Gasteiger charge is -2.47. The third-order valence-electron chi connectivity index (χ3n) is 6.85. The largest absolute Gasteiger partial charge is 0.480 e. The molecule has 2 saturated heterocycles. The molecule has 0 aliphatic carbocycles. The Morgan fingerprint density at radius 2 is 1.71 bits per heavy atom. The van der Waals surface area contributed by atoms with Crippen LogP contribution < -0.4 is 11.1 Å². The van der Waals surface area contributed by atoms with Gasteiger partial charge < -0.3 is 25.8 Å². The maximum atomic E-state index is 13.4. The number of likely N-dealkylation sites (tertiary alicyclic amines) is 2. The molecule has 1 aromatic rings. The SMILES string of the molecule is CC(C)(N)C(=O)N[C@H](COCc1ccccc1)C(=O)N1CCC(C(=O)O)(N2CCCCC2)CC1. The first kappa shape index (κ1) is 26.1. The quantitative estimate of drug-likeness (QED) is 0.493. The first-order valence-electron chi connectivity index (χ1n) is 12.1. The summed E-state index contributed by atoms with van der Waals surface area (Å²) in [5.74, 6) is -1.54. The molecular formula is C25H38N4O5. The number of carbonyl (C=O) groups is 3. The van der Waals surface area contributed by atoms with Crippen molar-refractivity contribution >= 4 is 17.8 Å². The first-order valence-corrected chi connectivity index (χ1v) is 12.1. The zero-order chi connectivity index (χ0) is 24.8. The molecule has 2 heterocycles. The van der Waals surface area contributed by atoms with Gasteiger partial charge in [0.2, 0.25) is 11.8 Å². The van der Waals surface area contributed by atoms with Gasteiger partial charge in [-0.15, -0.1) is 0 Å². The number of nitrogens with one attached hydrogen (secondary N) is 1. The van der Waals surface area contributed by atoms with E-state index in [-0.39, 0.29) is 12.5 Å². The second-order valence-electron chi connectivity index (χ2n) is 9.96. The van der Waals surface area contributed by atoms with E-state index in [1.54, 1.807) is 18.7 Å². The Labute approximate surface area is 201 Å². The molecule has 0 bridgehead atoms. The predicted octanol–water partition coefficient (Wildman–Crippen LogP) is 1.36. The molecule has 2 fully saturated rings. The Morgan fingerprint density at radius 1 is 1.09 bits per heavy atom. The predicted molar refractivity (Wildman–Crippen MR) is 128 cm³/mol. The van der Waals surface area contributed by atoms with Gasteiger partial charge in [0.1, 0.15) is 11.6 Å². The zero-order valence-corrected chi connectivity index (χ0v) is 20.3. The van der Waals surface area contributed by atoms with Crippen LogP contribution in [0.3, 0.4) is 0 Å². The van der Waals surface area contributed by atoms with E-state index in [0.717, 1.165) is 37.9 Å². The molecule has 34 heavy (non-hydrogen) atoms. The molecule has 188 valence electrons. The van der Waals surface area contributed by atoms with E-state index in [9.17, 15) is 19.5 Å². The molecule has 9 heteroatoms. The molecule has 0 spiro atoms. The molecule has 0 radical (unpaired) electrons. The van der Waals surface area contributed by atoms with Gasteiger partial charge in [-0.05, 0) is 58.2 Å². The van der Waals surface area contributed by atoms with Crippen LogP contribution in [0.25, 0.3) is 0 Å². The van der Waals surface area contributed by atoms with Gasteiger partial charge in [-0.3, -0.25) is 19.3 Å². The second-order valence-corrected chi connectivity index (χ2v) is 9.96.